The molecule has 35 heavy (non-hydrogen) atoms. The minimum absolute atomic E-state index is 0.0988. The van der Waals surface area contributed by atoms with Crippen LogP contribution in [-0.2, 0) is 11.3 Å². The van der Waals surface area contributed by atoms with Crippen molar-refractivity contribution in [2.75, 3.05) is 13.9 Å². The standard InChI is InChI=1S/C27H28N2O6/c1-32-21-9-4-6-19(15-21)25(26(30)28-20-7-2-3-8-20)29(27(31)23-10-5-13-33-23)16-18-11-12-22-24(14-18)35-17-34-22/h4-6,9-15,20,25H,2-3,7-8,16-17H2,1H3,(H,28,30)/t25-/m1/s1. The summed E-state index contributed by atoms with van der Waals surface area (Å²) in [7, 11) is 1.57. The Morgan fingerprint density at radius 1 is 1.06 bits per heavy atom. The molecule has 0 radical (unpaired) electrons. The molecule has 3 aromatic rings. The first-order valence-electron chi connectivity index (χ1n) is 11.8. The Morgan fingerprint density at radius 3 is 2.66 bits per heavy atom. The van der Waals surface area contributed by atoms with Gasteiger partial charge in [0.1, 0.15) is 11.8 Å². The van der Waals surface area contributed by atoms with E-state index < -0.39 is 6.04 Å². The third-order valence-corrected chi connectivity index (χ3v) is 6.45. The number of rotatable bonds is 8. The van der Waals surface area contributed by atoms with Gasteiger partial charge in [-0.1, -0.05) is 31.0 Å². The third kappa shape index (κ3) is 4.96. The molecule has 1 fully saturated rings. The van der Waals surface area contributed by atoms with Gasteiger partial charge in [0.15, 0.2) is 17.3 Å². The second-order valence-corrected chi connectivity index (χ2v) is 8.77. The van der Waals surface area contributed by atoms with Crippen molar-refractivity contribution in [3.63, 3.8) is 0 Å². The summed E-state index contributed by atoms with van der Waals surface area (Å²) in [5, 5.41) is 3.17. The molecule has 0 spiro atoms. The summed E-state index contributed by atoms with van der Waals surface area (Å²) < 4.78 is 21.8. The van der Waals surface area contributed by atoms with Gasteiger partial charge in [0.05, 0.1) is 13.4 Å². The molecular weight excluding hydrogens is 448 g/mol. The van der Waals surface area contributed by atoms with Crippen LogP contribution in [0.25, 0.3) is 0 Å². The fraction of sp³-hybridized carbons (Fsp3) is 0.333. The van der Waals surface area contributed by atoms with Gasteiger partial charge in [-0.2, -0.15) is 0 Å². The van der Waals surface area contributed by atoms with Crippen molar-refractivity contribution in [3.8, 4) is 17.2 Å². The Bertz CT molecular complexity index is 1190. The first kappa shape index (κ1) is 22.8. The molecule has 2 amide bonds. The monoisotopic (exact) mass is 476 g/mol. The van der Waals surface area contributed by atoms with E-state index in [4.69, 9.17) is 18.6 Å². The maximum absolute atomic E-state index is 13.8. The minimum Gasteiger partial charge on any atom is -0.497 e. The van der Waals surface area contributed by atoms with Crippen molar-refractivity contribution in [3.05, 3.63) is 77.7 Å². The molecule has 5 rings (SSSR count). The van der Waals surface area contributed by atoms with Gasteiger partial charge >= 0.3 is 0 Å². The predicted octanol–water partition coefficient (Wildman–Crippen LogP) is 4.46. The van der Waals surface area contributed by atoms with Gasteiger partial charge in [0, 0.05) is 12.6 Å². The Kier molecular flexibility index (Phi) is 6.61. The summed E-state index contributed by atoms with van der Waals surface area (Å²) in [5.41, 5.74) is 1.45. The van der Waals surface area contributed by atoms with Crippen LogP contribution in [0.5, 0.6) is 17.2 Å². The Balaban J connectivity index is 1.54. The molecule has 1 saturated carbocycles. The maximum atomic E-state index is 13.8. The SMILES string of the molecule is COc1cccc([C@H](C(=O)NC2CCCC2)N(Cc2ccc3c(c2)OCO3)C(=O)c2ccco2)c1. The molecule has 2 aliphatic rings. The van der Waals surface area contributed by atoms with Crippen LogP contribution in [0.4, 0.5) is 0 Å². The molecule has 0 bridgehead atoms. The van der Waals surface area contributed by atoms with Crippen LogP contribution in [0.15, 0.2) is 65.3 Å². The van der Waals surface area contributed by atoms with Crippen molar-refractivity contribution >= 4 is 11.8 Å². The quantitative estimate of drug-likeness (QED) is 0.516. The molecule has 8 heteroatoms. The average molecular weight is 477 g/mol. The molecule has 0 saturated heterocycles. The largest absolute Gasteiger partial charge is 0.497 e. The molecule has 1 aromatic heterocycles. The van der Waals surface area contributed by atoms with Crippen molar-refractivity contribution in [1.29, 1.82) is 0 Å². The molecule has 2 heterocycles. The number of furan rings is 1. The van der Waals surface area contributed by atoms with E-state index in [1.54, 1.807) is 25.3 Å². The highest BCUT2D eigenvalue weighted by Crippen LogP contribution is 2.35. The lowest BCUT2D eigenvalue weighted by atomic mass is 10.0. The van der Waals surface area contributed by atoms with E-state index in [1.165, 1.54) is 11.2 Å². The lowest BCUT2D eigenvalue weighted by molar-refractivity contribution is -0.126. The van der Waals surface area contributed by atoms with E-state index in [1.807, 2.05) is 36.4 Å². The summed E-state index contributed by atoms with van der Waals surface area (Å²) >= 11 is 0. The number of carbonyl (C=O) groups excluding carboxylic acids is 2. The van der Waals surface area contributed by atoms with Crippen molar-refractivity contribution < 1.29 is 28.2 Å². The van der Waals surface area contributed by atoms with Gasteiger partial charge < -0.3 is 28.8 Å². The molecule has 8 nitrogen and oxygen atoms in total. The highest BCUT2D eigenvalue weighted by Gasteiger charge is 2.35. The summed E-state index contributed by atoms with van der Waals surface area (Å²) in [6, 6.07) is 15.2. The van der Waals surface area contributed by atoms with Gasteiger partial charge in [0.2, 0.25) is 12.7 Å². The number of nitrogens with zero attached hydrogens (tertiary/aromatic N) is 1. The van der Waals surface area contributed by atoms with Crippen LogP contribution >= 0.6 is 0 Å². The highest BCUT2D eigenvalue weighted by molar-refractivity contribution is 5.96. The number of benzene rings is 2. The lowest BCUT2D eigenvalue weighted by Crippen LogP contribution is -2.45. The van der Waals surface area contributed by atoms with Crippen molar-refractivity contribution in [1.82, 2.24) is 10.2 Å². The smallest absolute Gasteiger partial charge is 0.290 e. The Labute approximate surface area is 203 Å². The second-order valence-electron chi connectivity index (χ2n) is 8.77. The second kappa shape index (κ2) is 10.1. The fourth-order valence-electron chi connectivity index (χ4n) is 4.69. The first-order chi connectivity index (χ1) is 17.1. The van der Waals surface area contributed by atoms with E-state index in [0.29, 0.717) is 22.8 Å². The van der Waals surface area contributed by atoms with Gasteiger partial charge in [-0.3, -0.25) is 9.59 Å². The van der Waals surface area contributed by atoms with Crippen LogP contribution in [0, 0.1) is 0 Å². The van der Waals surface area contributed by atoms with Crippen molar-refractivity contribution in [2.45, 2.75) is 44.3 Å². The maximum Gasteiger partial charge on any atom is 0.290 e. The summed E-state index contributed by atoms with van der Waals surface area (Å²) in [5.74, 6) is 1.41. The van der Waals surface area contributed by atoms with Gasteiger partial charge in [-0.15, -0.1) is 0 Å². The van der Waals surface area contributed by atoms with Gasteiger partial charge in [0.25, 0.3) is 5.91 Å². The third-order valence-electron chi connectivity index (χ3n) is 6.45. The zero-order valence-electron chi connectivity index (χ0n) is 19.6. The number of fused-ring (bicyclic) bond motifs is 1. The molecule has 1 aliphatic carbocycles. The molecule has 1 atom stereocenters. The average Bonchev–Trinajstić information content (AvgIpc) is 3.66. The fourth-order valence-corrected chi connectivity index (χ4v) is 4.69. The van der Waals surface area contributed by atoms with Crippen LogP contribution in [0.1, 0.15) is 53.4 Å². The van der Waals surface area contributed by atoms with Crippen LogP contribution in [0.3, 0.4) is 0 Å². The van der Waals surface area contributed by atoms with Gasteiger partial charge in [-0.25, -0.2) is 0 Å². The van der Waals surface area contributed by atoms with Crippen molar-refractivity contribution in [2.24, 2.45) is 0 Å². The molecular formula is C27H28N2O6. The Morgan fingerprint density at radius 2 is 1.89 bits per heavy atom. The summed E-state index contributed by atoms with van der Waals surface area (Å²) in [6.45, 7) is 0.320. The topological polar surface area (TPSA) is 90.2 Å². The van der Waals surface area contributed by atoms with E-state index >= 15 is 0 Å². The molecule has 1 N–H and O–H groups in total. The zero-order valence-corrected chi connectivity index (χ0v) is 19.6. The number of ether oxygens (including phenoxy) is 3. The van der Waals surface area contributed by atoms with Gasteiger partial charge in [-0.05, 0) is 60.4 Å². The normalized spacial score (nSPS) is 15.6. The summed E-state index contributed by atoms with van der Waals surface area (Å²) in [6.07, 6.45) is 5.49. The van der Waals surface area contributed by atoms with E-state index in [2.05, 4.69) is 5.32 Å². The Hall–Kier alpha value is -3.94. The molecule has 2 aromatic carbocycles. The first-order valence-corrected chi connectivity index (χ1v) is 11.8. The lowest BCUT2D eigenvalue weighted by Gasteiger charge is -2.32. The number of nitrogens with one attached hydrogen (secondary N) is 1. The number of carbonyl (C=O) groups is 2. The van der Waals surface area contributed by atoms with E-state index in [9.17, 15) is 9.59 Å². The number of amides is 2. The number of methoxy groups -OCH3 is 1. The van der Waals surface area contributed by atoms with Crippen LogP contribution in [-0.4, -0.2) is 36.7 Å². The molecule has 1 aliphatic heterocycles. The minimum atomic E-state index is -0.895. The number of hydrogen-bond acceptors (Lipinski definition) is 6. The van der Waals surface area contributed by atoms with Crippen LogP contribution in [0.2, 0.25) is 0 Å². The summed E-state index contributed by atoms with van der Waals surface area (Å²) in [4.78, 5) is 29.0. The van der Waals surface area contributed by atoms with E-state index in [-0.39, 0.29) is 37.0 Å². The molecule has 0 unspecified atom stereocenters. The van der Waals surface area contributed by atoms with E-state index in [0.717, 1.165) is 31.2 Å². The van der Waals surface area contributed by atoms with Crippen LogP contribution < -0.4 is 19.5 Å². The number of hydrogen-bond donors (Lipinski definition) is 1. The molecule has 182 valence electrons. The predicted molar refractivity (Wildman–Crippen MR) is 127 cm³/mol. The highest BCUT2D eigenvalue weighted by atomic mass is 16.7. The zero-order chi connectivity index (χ0) is 24.2.